The van der Waals surface area contributed by atoms with Gasteiger partial charge in [0.2, 0.25) is 5.91 Å². The summed E-state index contributed by atoms with van der Waals surface area (Å²) in [5, 5.41) is 7.79. The molecule has 1 saturated heterocycles. The summed E-state index contributed by atoms with van der Waals surface area (Å²) >= 11 is 0. The number of hydrogen-bond donors (Lipinski definition) is 2. The zero-order valence-corrected chi connectivity index (χ0v) is 20.6. The third-order valence-corrected chi connectivity index (χ3v) is 7.37. The van der Waals surface area contributed by atoms with Gasteiger partial charge in [-0.3, -0.25) is 14.8 Å². The number of carbonyl (C=O) groups excluding carboxylic acids is 1. The monoisotopic (exact) mass is 465 g/mol. The molecule has 1 aliphatic heterocycles. The molecule has 9 heteroatoms. The van der Waals surface area contributed by atoms with Gasteiger partial charge in [0.05, 0.1) is 36.0 Å². The van der Waals surface area contributed by atoms with Crippen LogP contribution in [-0.2, 0) is 22.4 Å². The predicted octanol–water partition coefficient (Wildman–Crippen LogP) is 3.18. The molecule has 1 amide bonds. The molecule has 3 aromatic heterocycles. The zero-order chi connectivity index (χ0) is 23.9. The maximum Gasteiger partial charge on any atom is 0.233 e. The third kappa shape index (κ3) is 4.34. The molecule has 1 fully saturated rings. The van der Waals surface area contributed by atoms with Crippen molar-refractivity contribution in [2.45, 2.75) is 46.5 Å². The molecule has 1 atom stereocenters. The number of nitrogens with one attached hydrogen (secondary N) is 2. The van der Waals surface area contributed by atoms with Crippen LogP contribution in [0.5, 0.6) is 0 Å². The maximum absolute atomic E-state index is 13.4. The van der Waals surface area contributed by atoms with E-state index in [-0.39, 0.29) is 5.91 Å². The van der Waals surface area contributed by atoms with Crippen LogP contribution in [0.3, 0.4) is 0 Å². The number of morpholine rings is 1. The van der Waals surface area contributed by atoms with Crippen LogP contribution in [-0.4, -0.2) is 75.9 Å². The van der Waals surface area contributed by atoms with E-state index in [2.05, 4.69) is 32.0 Å². The fourth-order valence-corrected chi connectivity index (χ4v) is 5.25. The van der Waals surface area contributed by atoms with Crippen LogP contribution >= 0.6 is 0 Å². The van der Waals surface area contributed by atoms with E-state index < -0.39 is 5.41 Å². The molecule has 0 spiro atoms. The topological polar surface area (TPSA) is 103 Å². The quantitative estimate of drug-likeness (QED) is 0.580. The van der Waals surface area contributed by atoms with E-state index in [9.17, 15) is 4.79 Å². The molecular weight excluding hydrogens is 430 g/mol. The van der Waals surface area contributed by atoms with Crippen molar-refractivity contribution < 1.29 is 9.53 Å². The molecule has 2 N–H and O–H groups in total. The number of pyridine rings is 1. The summed E-state index contributed by atoms with van der Waals surface area (Å²) in [7, 11) is 1.82. The molecule has 1 aliphatic carbocycles. The second-order valence-electron chi connectivity index (χ2n) is 10.3. The molecule has 2 aliphatic rings. The van der Waals surface area contributed by atoms with Crippen LogP contribution in [0.15, 0.2) is 12.3 Å². The number of imidazole rings is 1. The molecule has 0 radical (unpaired) electrons. The number of fused-ring (bicyclic) bond motifs is 2. The van der Waals surface area contributed by atoms with Gasteiger partial charge in [-0.1, -0.05) is 13.3 Å². The smallest absolute Gasteiger partial charge is 0.233 e. The number of nitrogens with zero attached hydrogens (tertiary/aromatic N) is 5. The van der Waals surface area contributed by atoms with E-state index in [1.807, 2.05) is 27.0 Å². The van der Waals surface area contributed by atoms with Gasteiger partial charge in [-0.25, -0.2) is 9.97 Å². The Hall–Kier alpha value is -2.78. The molecule has 0 bridgehead atoms. The predicted molar refractivity (Wildman–Crippen MR) is 132 cm³/mol. The van der Waals surface area contributed by atoms with Crippen molar-refractivity contribution in [3.8, 4) is 11.5 Å². The summed E-state index contributed by atoms with van der Waals surface area (Å²) in [4.78, 5) is 30.1. The van der Waals surface area contributed by atoms with E-state index in [0.29, 0.717) is 18.1 Å². The third-order valence-electron chi connectivity index (χ3n) is 7.37. The second kappa shape index (κ2) is 9.11. The zero-order valence-electron chi connectivity index (χ0n) is 20.6. The first-order valence-corrected chi connectivity index (χ1v) is 12.4. The van der Waals surface area contributed by atoms with Crippen molar-refractivity contribution in [3.05, 3.63) is 23.5 Å². The molecule has 4 heterocycles. The first-order chi connectivity index (χ1) is 16.4. The Morgan fingerprint density at radius 1 is 1.32 bits per heavy atom. The standard InChI is InChI=1S/C25H35N7O2/c1-5-16-6-7-19-18(12-16)21(30-29-19)23-27-20-13-17(14-26-22(20)28-23)31(4)24(33)25(2,3)15-32-8-10-34-11-9-32/h13-14,16H,5-12,15H2,1-4H3,(H,29,30)(H,26,27,28). The number of anilines is 1. The largest absolute Gasteiger partial charge is 0.379 e. The number of H-pyrrole nitrogens is 2. The number of aromatic amines is 2. The number of ether oxygens (including phenoxy) is 1. The highest BCUT2D eigenvalue weighted by Crippen LogP contribution is 2.33. The highest BCUT2D eigenvalue weighted by Gasteiger charge is 2.34. The van der Waals surface area contributed by atoms with Gasteiger partial charge >= 0.3 is 0 Å². The van der Waals surface area contributed by atoms with Gasteiger partial charge in [0, 0.05) is 37.9 Å². The minimum absolute atomic E-state index is 0.0619. The number of rotatable bonds is 6. The first-order valence-electron chi connectivity index (χ1n) is 12.4. The summed E-state index contributed by atoms with van der Waals surface area (Å²) in [5.41, 5.74) is 5.05. The van der Waals surface area contributed by atoms with Crippen molar-refractivity contribution in [3.63, 3.8) is 0 Å². The Balaban J connectivity index is 1.37. The number of aromatic nitrogens is 5. The van der Waals surface area contributed by atoms with Crippen LogP contribution < -0.4 is 4.90 Å². The summed E-state index contributed by atoms with van der Waals surface area (Å²) in [6.45, 7) is 10.1. The minimum atomic E-state index is -0.524. The highest BCUT2D eigenvalue weighted by molar-refractivity contribution is 5.98. The minimum Gasteiger partial charge on any atom is -0.379 e. The van der Waals surface area contributed by atoms with Gasteiger partial charge < -0.3 is 14.6 Å². The molecule has 0 saturated carbocycles. The normalized spacial score (nSPS) is 19.4. The highest BCUT2D eigenvalue weighted by atomic mass is 16.5. The van der Waals surface area contributed by atoms with E-state index in [1.165, 1.54) is 24.1 Å². The van der Waals surface area contributed by atoms with Gasteiger partial charge in [-0.2, -0.15) is 5.10 Å². The SMILES string of the molecule is CCC1CCc2[nH]nc(-c3nc4ncc(N(C)C(=O)C(C)(C)CN5CCOCC5)cc4[nH]3)c2C1. The van der Waals surface area contributed by atoms with Crippen LogP contribution in [0.2, 0.25) is 0 Å². The van der Waals surface area contributed by atoms with Gasteiger partial charge in [-0.15, -0.1) is 0 Å². The maximum atomic E-state index is 13.4. The fourth-order valence-electron chi connectivity index (χ4n) is 5.25. The van der Waals surface area contributed by atoms with Crippen molar-refractivity contribution in [2.75, 3.05) is 44.8 Å². The summed E-state index contributed by atoms with van der Waals surface area (Å²) < 4.78 is 5.44. The molecule has 0 aromatic carbocycles. The average molecular weight is 466 g/mol. The van der Waals surface area contributed by atoms with E-state index in [4.69, 9.17) is 9.72 Å². The van der Waals surface area contributed by atoms with Crippen molar-refractivity contribution in [1.82, 2.24) is 30.0 Å². The fraction of sp³-hybridized carbons (Fsp3) is 0.600. The van der Waals surface area contributed by atoms with Crippen LogP contribution in [0.25, 0.3) is 22.7 Å². The second-order valence-corrected chi connectivity index (χ2v) is 10.3. The van der Waals surface area contributed by atoms with Crippen molar-refractivity contribution in [2.24, 2.45) is 11.3 Å². The Labute approximate surface area is 200 Å². The van der Waals surface area contributed by atoms with Gasteiger partial charge in [-0.05, 0) is 45.1 Å². The lowest BCUT2D eigenvalue weighted by atomic mass is 9.85. The molecule has 3 aromatic rings. The average Bonchev–Trinajstić information content (AvgIpc) is 3.46. The Morgan fingerprint density at radius 2 is 2.12 bits per heavy atom. The molecule has 5 rings (SSSR count). The summed E-state index contributed by atoms with van der Waals surface area (Å²) in [5.74, 6) is 1.49. The number of amides is 1. The van der Waals surface area contributed by atoms with E-state index in [0.717, 1.165) is 61.9 Å². The molecule has 34 heavy (non-hydrogen) atoms. The molecular formula is C25H35N7O2. The van der Waals surface area contributed by atoms with Crippen molar-refractivity contribution >= 4 is 22.8 Å². The Morgan fingerprint density at radius 3 is 2.88 bits per heavy atom. The lowest BCUT2D eigenvalue weighted by Crippen LogP contribution is -2.48. The van der Waals surface area contributed by atoms with Crippen LogP contribution in [0, 0.1) is 11.3 Å². The lowest BCUT2D eigenvalue weighted by Gasteiger charge is -2.36. The van der Waals surface area contributed by atoms with Gasteiger partial charge in [0.1, 0.15) is 5.69 Å². The van der Waals surface area contributed by atoms with Gasteiger partial charge in [0.25, 0.3) is 0 Å². The van der Waals surface area contributed by atoms with Crippen LogP contribution in [0.1, 0.15) is 44.9 Å². The van der Waals surface area contributed by atoms with E-state index in [1.54, 1.807) is 11.1 Å². The summed E-state index contributed by atoms with van der Waals surface area (Å²) in [6, 6.07) is 1.95. The molecule has 9 nitrogen and oxygen atoms in total. The van der Waals surface area contributed by atoms with Crippen molar-refractivity contribution in [1.29, 1.82) is 0 Å². The summed E-state index contributed by atoms with van der Waals surface area (Å²) in [6.07, 6.45) is 6.18. The van der Waals surface area contributed by atoms with Crippen LogP contribution in [0.4, 0.5) is 5.69 Å². The Bertz CT molecular complexity index is 1180. The number of hydrogen-bond acceptors (Lipinski definition) is 6. The Kier molecular flexibility index (Phi) is 6.16. The van der Waals surface area contributed by atoms with E-state index >= 15 is 0 Å². The number of aryl methyl sites for hydroxylation is 1. The lowest BCUT2D eigenvalue weighted by molar-refractivity contribution is -0.127. The van der Waals surface area contributed by atoms with Gasteiger partial charge in [0.15, 0.2) is 11.5 Å². The molecule has 182 valence electrons. The molecule has 1 unspecified atom stereocenters. The number of carbonyl (C=O) groups is 1. The first kappa shape index (κ1) is 23.0.